The summed E-state index contributed by atoms with van der Waals surface area (Å²) >= 11 is 0. The van der Waals surface area contributed by atoms with Crippen molar-refractivity contribution in [2.24, 2.45) is 0 Å². The zero-order chi connectivity index (χ0) is 13.9. The van der Waals surface area contributed by atoms with Crippen molar-refractivity contribution >= 4 is 5.91 Å². The SMILES string of the molecule is O=C(c1cncc(O)c1)N1CCCCC1C1CCCN1. The number of pyridine rings is 1. The highest BCUT2D eigenvalue weighted by molar-refractivity contribution is 5.94. The van der Waals surface area contributed by atoms with Crippen molar-refractivity contribution in [3.8, 4) is 5.75 Å². The van der Waals surface area contributed by atoms with Gasteiger partial charge in [0.25, 0.3) is 5.91 Å². The Morgan fingerprint density at radius 1 is 1.30 bits per heavy atom. The molecule has 3 rings (SSSR count). The van der Waals surface area contributed by atoms with Gasteiger partial charge in [0.1, 0.15) is 5.75 Å². The lowest BCUT2D eigenvalue weighted by Crippen LogP contribution is -2.52. The molecule has 2 atom stereocenters. The quantitative estimate of drug-likeness (QED) is 0.859. The van der Waals surface area contributed by atoms with Crippen molar-refractivity contribution in [2.45, 2.75) is 44.2 Å². The van der Waals surface area contributed by atoms with Crippen molar-refractivity contribution in [2.75, 3.05) is 13.1 Å². The smallest absolute Gasteiger partial charge is 0.255 e. The Morgan fingerprint density at radius 3 is 2.95 bits per heavy atom. The summed E-state index contributed by atoms with van der Waals surface area (Å²) in [5, 5.41) is 13.0. The molecule has 0 aromatic carbocycles. The van der Waals surface area contributed by atoms with Crippen LogP contribution in [0.25, 0.3) is 0 Å². The van der Waals surface area contributed by atoms with Crippen LogP contribution in [0.3, 0.4) is 0 Å². The van der Waals surface area contributed by atoms with E-state index >= 15 is 0 Å². The average Bonchev–Trinajstić information content (AvgIpc) is 3.00. The Kier molecular flexibility index (Phi) is 3.87. The van der Waals surface area contributed by atoms with Crippen LogP contribution in [0.1, 0.15) is 42.5 Å². The van der Waals surface area contributed by atoms with Crippen LogP contribution in [-0.2, 0) is 0 Å². The van der Waals surface area contributed by atoms with Crippen LogP contribution in [0.4, 0.5) is 0 Å². The first kappa shape index (κ1) is 13.4. The van der Waals surface area contributed by atoms with Crippen LogP contribution < -0.4 is 5.32 Å². The summed E-state index contributed by atoms with van der Waals surface area (Å²) in [4.78, 5) is 18.6. The van der Waals surface area contributed by atoms with Crippen LogP contribution in [0, 0.1) is 0 Å². The molecule has 1 amide bonds. The van der Waals surface area contributed by atoms with E-state index in [1.807, 2.05) is 4.90 Å². The number of carbonyl (C=O) groups excluding carboxylic acids is 1. The van der Waals surface area contributed by atoms with E-state index in [-0.39, 0.29) is 17.7 Å². The van der Waals surface area contributed by atoms with E-state index in [1.165, 1.54) is 31.3 Å². The number of piperidine rings is 1. The number of nitrogens with one attached hydrogen (secondary N) is 1. The molecule has 5 nitrogen and oxygen atoms in total. The molecule has 0 aliphatic carbocycles. The fourth-order valence-corrected chi connectivity index (χ4v) is 3.38. The molecule has 20 heavy (non-hydrogen) atoms. The second-order valence-electron chi connectivity index (χ2n) is 5.70. The Labute approximate surface area is 119 Å². The number of carbonyl (C=O) groups is 1. The van der Waals surface area contributed by atoms with Gasteiger partial charge in [-0.15, -0.1) is 0 Å². The second kappa shape index (κ2) is 5.79. The van der Waals surface area contributed by atoms with E-state index in [9.17, 15) is 9.90 Å². The van der Waals surface area contributed by atoms with Crippen LogP contribution in [0.5, 0.6) is 5.75 Å². The third kappa shape index (κ3) is 2.63. The lowest BCUT2D eigenvalue weighted by atomic mass is 9.94. The molecule has 5 heteroatoms. The first-order valence-electron chi connectivity index (χ1n) is 7.44. The molecule has 1 aromatic rings. The molecule has 0 spiro atoms. The number of nitrogens with zero attached hydrogens (tertiary/aromatic N) is 2. The second-order valence-corrected chi connectivity index (χ2v) is 5.70. The van der Waals surface area contributed by atoms with Gasteiger partial charge in [0, 0.05) is 24.8 Å². The molecule has 3 heterocycles. The Hall–Kier alpha value is -1.62. The number of aromatic nitrogens is 1. The van der Waals surface area contributed by atoms with Gasteiger partial charge in [0.05, 0.1) is 11.8 Å². The van der Waals surface area contributed by atoms with Gasteiger partial charge in [-0.05, 0) is 44.7 Å². The molecule has 1 aromatic heterocycles. The van der Waals surface area contributed by atoms with E-state index in [4.69, 9.17) is 0 Å². The highest BCUT2D eigenvalue weighted by Crippen LogP contribution is 2.26. The van der Waals surface area contributed by atoms with Gasteiger partial charge in [-0.3, -0.25) is 9.78 Å². The van der Waals surface area contributed by atoms with Crippen molar-refractivity contribution in [1.29, 1.82) is 0 Å². The van der Waals surface area contributed by atoms with Crippen molar-refractivity contribution in [3.63, 3.8) is 0 Å². The molecular formula is C15H21N3O2. The Bertz CT molecular complexity index is 486. The first-order chi connectivity index (χ1) is 9.75. The molecule has 0 radical (unpaired) electrons. The van der Waals surface area contributed by atoms with E-state index in [0.717, 1.165) is 32.4 Å². The summed E-state index contributed by atoms with van der Waals surface area (Å²) in [5.74, 6) is 0.0372. The molecule has 2 fully saturated rings. The van der Waals surface area contributed by atoms with Gasteiger partial charge >= 0.3 is 0 Å². The van der Waals surface area contributed by atoms with E-state index in [0.29, 0.717) is 11.6 Å². The number of likely N-dealkylation sites (tertiary alicyclic amines) is 1. The number of rotatable bonds is 2. The summed E-state index contributed by atoms with van der Waals surface area (Å²) in [6.07, 6.45) is 8.53. The van der Waals surface area contributed by atoms with Crippen LogP contribution in [-0.4, -0.2) is 46.1 Å². The average molecular weight is 275 g/mol. The maximum absolute atomic E-state index is 12.7. The zero-order valence-corrected chi connectivity index (χ0v) is 11.6. The monoisotopic (exact) mass is 275 g/mol. The summed E-state index contributed by atoms with van der Waals surface area (Å²) in [6.45, 7) is 1.86. The molecule has 2 aliphatic heterocycles. The standard InChI is InChI=1S/C15H21N3O2/c19-12-8-11(9-16-10-12)15(20)18-7-2-1-5-14(18)13-4-3-6-17-13/h8-10,13-14,17,19H,1-7H2. The predicted octanol–water partition coefficient (Wildman–Crippen LogP) is 1.53. The summed E-state index contributed by atoms with van der Waals surface area (Å²) in [5.41, 5.74) is 0.481. The summed E-state index contributed by atoms with van der Waals surface area (Å²) in [6, 6.07) is 2.20. The molecule has 108 valence electrons. The zero-order valence-electron chi connectivity index (χ0n) is 11.6. The number of hydrogen-bond acceptors (Lipinski definition) is 4. The van der Waals surface area contributed by atoms with Crippen molar-refractivity contribution in [3.05, 3.63) is 24.0 Å². The van der Waals surface area contributed by atoms with E-state index in [1.54, 1.807) is 0 Å². The first-order valence-corrected chi connectivity index (χ1v) is 7.44. The third-order valence-corrected chi connectivity index (χ3v) is 4.34. The minimum absolute atomic E-state index is 0.00759. The molecule has 2 unspecified atom stereocenters. The van der Waals surface area contributed by atoms with Crippen LogP contribution in [0.2, 0.25) is 0 Å². The Morgan fingerprint density at radius 2 is 2.20 bits per heavy atom. The number of hydrogen-bond donors (Lipinski definition) is 2. The fraction of sp³-hybridized carbons (Fsp3) is 0.600. The normalized spacial score (nSPS) is 26.7. The van der Waals surface area contributed by atoms with Gasteiger partial charge < -0.3 is 15.3 Å². The Balaban J connectivity index is 1.80. The highest BCUT2D eigenvalue weighted by Gasteiger charge is 2.34. The molecule has 2 N–H and O–H groups in total. The molecule has 2 aliphatic rings. The number of aromatic hydroxyl groups is 1. The van der Waals surface area contributed by atoms with Gasteiger partial charge in [-0.2, -0.15) is 0 Å². The van der Waals surface area contributed by atoms with Crippen LogP contribution in [0.15, 0.2) is 18.5 Å². The van der Waals surface area contributed by atoms with Gasteiger partial charge in [0.15, 0.2) is 0 Å². The lowest BCUT2D eigenvalue weighted by Gasteiger charge is -2.39. The molecular weight excluding hydrogens is 254 g/mol. The maximum atomic E-state index is 12.7. The van der Waals surface area contributed by atoms with Gasteiger partial charge in [0.2, 0.25) is 0 Å². The molecule has 0 saturated carbocycles. The van der Waals surface area contributed by atoms with E-state index in [2.05, 4.69) is 10.3 Å². The number of amides is 1. The van der Waals surface area contributed by atoms with Gasteiger partial charge in [-0.1, -0.05) is 0 Å². The minimum Gasteiger partial charge on any atom is -0.506 e. The summed E-state index contributed by atoms with van der Waals surface area (Å²) < 4.78 is 0. The van der Waals surface area contributed by atoms with Crippen molar-refractivity contribution in [1.82, 2.24) is 15.2 Å². The topological polar surface area (TPSA) is 65.5 Å². The molecule has 0 bridgehead atoms. The van der Waals surface area contributed by atoms with Crippen molar-refractivity contribution < 1.29 is 9.90 Å². The molecule has 2 saturated heterocycles. The van der Waals surface area contributed by atoms with E-state index < -0.39 is 0 Å². The van der Waals surface area contributed by atoms with Gasteiger partial charge in [-0.25, -0.2) is 0 Å². The van der Waals surface area contributed by atoms with Crippen LogP contribution >= 0.6 is 0 Å². The minimum atomic E-state index is -0.00759. The largest absolute Gasteiger partial charge is 0.506 e. The fourth-order valence-electron chi connectivity index (χ4n) is 3.38. The highest BCUT2D eigenvalue weighted by atomic mass is 16.3. The maximum Gasteiger partial charge on any atom is 0.255 e. The third-order valence-electron chi connectivity index (χ3n) is 4.34. The summed E-state index contributed by atoms with van der Waals surface area (Å²) in [7, 11) is 0. The predicted molar refractivity (Wildman–Crippen MR) is 75.6 cm³/mol. The lowest BCUT2D eigenvalue weighted by molar-refractivity contribution is 0.0562.